The Morgan fingerprint density at radius 3 is 2.14 bits per heavy atom. The van der Waals surface area contributed by atoms with Gasteiger partial charge < -0.3 is 10.2 Å². The third kappa shape index (κ3) is 9.46. The SMILES string of the molecule is O=C(NC1CCCCC1)C(Cc1ccccc1)N(Cc1cccc(Br)c1)C(=O)CN(c1ccc(Cl)c(C(F)(F)F)c1)S(=O)(=O)c1ccccc1. The van der Waals surface area contributed by atoms with Crippen molar-refractivity contribution in [1.82, 2.24) is 10.2 Å². The summed E-state index contributed by atoms with van der Waals surface area (Å²) in [6, 6.07) is 24.9. The van der Waals surface area contributed by atoms with Gasteiger partial charge in [0, 0.05) is 23.5 Å². The van der Waals surface area contributed by atoms with E-state index in [4.69, 9.17) is 11.6 Å². The number of carbonyl (C=O) groups is 2. The number of amides is 2. The van der Waals surface area contributed by atoms with Crippen molar-refractivity contribution in [1.29, 1.82) is 0 Å². The number of alkyl halides is 3. The lowest BCUT2D eigenvalue weighted by Gasteiger charge is -2.35. The van der Waals surface area contributed by atoms with Crippen molar-refractivity contribution < 1.29 is 31.2 Å². The minimum Gasteiger partial charge on any atom is -0.352 e. The molecule has 5 rings (SSSR count). The molecule has 1 aliphatic rings. The van der Waals surface area contributed by atoms with E-state index in [2.05, 4.69) is 21.2 Å². The highest BCUT2D eigenvalue weighted by atomic mass is 79.9. The Labute approximate surface area is 303 Å². The Balaban J connectivity index is 1.60. The van der Waals surface area contributed by atoms with Crippen molar-refractivity contribution in [2.24, 2.45) is 0 Å². The van der Waals surface area contributed by atoms with Gasteiger partial charge in [0.05, 0.1) is 21.2 Å². The van der Waals surface area contributed by atoms with Gasteiger partial charge in [0.1, 0.15) is 12.6 Å². The van der Waals surface area contributed by atoms with E-state index in [1.54, 1.807) is 30.3 Å². The minimum absolute atomic E-state index is 0.0813. The molecule has 0 spiro atoms. The molecule has 1 atom stereocenters. The zero-order valence-electron chi connectivity index (χ0n) is 27.0. The van der Waals surface area contributed by atoms with E-state index in [1.165, 1.54) is 29.2 Å². The van der Waals surface area contributed by atoms with E-state index >= 15 is 0 Å². The average Bonchev–Trinajstić information content (AvgIpc) is 3.09. The molecular formula is C37H36BrClF3N3O4S. The number of benzene rings is 4. The molecular weight excluding hydrogens is 755 g/mol. The average molecular weight is 791 g/mol. The lowest BCUT2D eigenvalue weighted by Crippen LogP contribution is -2.55. The van der Waals surface area contributed by atoms with Crippen molar-refractivity contribution in [3.05, 3.63) is 129 Å². The maximum absolute atomic E-state index is 14.7. The van der Waals surface area contributed by atoms with E-state index in [9.17, 15) is 31.2 Å². The second-order valence-electron chi connectivity index (χ2n) is 12.2. The number of halogens is 5. The van der Waals surface area contributed by atoms with Crippen LogP contribution in [0.1, 0.15) is 48.8 Å². The highest BCUT2D eigenvalue weighted by Crippen LogP contribution is 2.38. The van der Waals surface area contributed by atoms with Crippen LogP contribution in [-0.4, -0.2) is 43.8 Å². The van der Waals surface area contributed by atoms with Crippen LogP contribution >= 0.6 is 27.5 Å². The summed E-state index contributed by atoms with van der Waals surface area (Å²) in [7, 11) is -4.60. The molecule has 7 nitrogen and oxygen atoms in total. The zero-order chi connectivity index (χ0) is 35.9. The molecule has 0 radical (unpaired) electrons. The summed E-state index contributed by atoms with van der Waals surface area (Å²) in [6.07, 6.45) is -0.201. The Hall–Kier alpha value is -3.87. The fraction of sp³-hybridized carbons (Fsp3) is 0.297. The lowest BCUT2D eigenvalue weighted by atomic mass is 9.94. The molecule has 4 aromatic rings. The van der Waals surface area contributed by atoms with Gasteiger partial charge in [-0.3, -0.25) is 13.9 Å². The van der Waals surface area contributed by atoms with E-state index < -0.39 is 56.9 Å². The summed E-state index contributed by atoms with van der Waals surface area (Å²) in [5, 5.41) is 2.51. The van der Waals surface area contributed by atoms with Crippen LogP contribution in [0.4, 0.5) is 18.9 Å². The van der Waals surface area contributed by atoms with Crippen LogP contribution in [-0.2, 0) is 38.8 Å². The van der Waals surface area contributed by atoms with E-state index in [1.807, 2.05) is 30.3 Å². The van der Waals surface area contributed by atoms with Gasteiger partial charge in [0.2, 0.25) is 11.8 Å². The fourth-order valence-electron chi connectivity index (χ4n) is 6.06. The molecule has 1 N–H and O–H groups in total. The topological polar surface area (TPSA) is 86.8 Å². The monoisotopic (exact) mass is 789 g/mol. The number of anilines is 1. The predicted octanol–water partition coefficient (Wildman–Crippen LogP) is 8.41. The normalized spacial score (nSPS) is 14.5. The summed E-state index contributed by atoms with van der Waals surface area (Å²) < 4.78 is 71.7. The molecule has 0 heterocycles. The minimum atomic E-state index is -4.90. The summed E-state index contributed by atoms with van der Waals surface area (Å²) in [5.41, 5.74) is -0.242. The summed E-state index contributed by atoms with van der Waals surface area (Å²) >= 11 is 9.35. The molecule has 0 bridgehead atoms. The zero-order valence-corrected chi connectivity index (χ0v) is 30.1. The first-order valence-corrected chi connectivity index (χ1v) is 18.8. The maximum Gasteiger partial charge on any atom is 0.417 e. The fourth-order valence-corrected chi connectivity index (χ4v) is 8.16. The van der Waals surface area contributed by atoms with Gasteiger partial charge in [-0.2, -0.15) is 13.2 Å². The summed E-state index contributed by atoms with van der Waals surface area (Å²) in [4.78, 5) is 29.9. The van der Waals surface area contributed by atoms with Gasteiger partial charge in [-0.25, -0.2) is 8.42 Å². The highest BCUT2D eigenvalue weighted by Gasteiger charge is 2.38. The first-order chi connectivity index (χ1) is 23.8. The molecule has 50 heavy (non-hydrogen) atoms. The van der Waals surface area contributed by atoms with Gasteiger partial charge in [-0.15, -0.1) is 0 Å². The molecule has 0 aliphatic heterocycles. The molecule has 1 unspecified atom stereocenters. The van der Waals surface area contributed by atoms with Gasteiger partial charge in [-0.1, -0.05) is 107 Å². The number of hydrogen-bond donors (Lipinski definition) is 1. The van der Waals surface area contributed by atoms with Crippen molar-refractivity contribution in [2.75, 3.05) is 10.8 Å². The lowest BCUT2D eigenvalue weighted by molar-refractivity contribution is -0.140. The third-order valence-electron chi connectivity index (χ3n) is 8.62. The summed E-state index contributed by atoms with van der Waals surface area (Å²) in [5.74, 6) is -1.18. The third-order valence-corrected chi connectivity index (χ3v) is 11.2. The Kier molecular flexibility index (Phi) is 12.3. The van der Waals surface area contributed by atoms with Crippen LogP contribution in [0.2, 0.25) is 5.02 Å². The highest BCUT2D eigenvalue weighted by molar-refractivity contribution is 9.10. The van der Waals surface area contributed by atoms with Crippen molar-refractivity contribution in [3.63, 3.8) is 0 Å². The van der Waals surface area contributed by atoms with E-state index in [0.29, 0.717) is 15.9 Å². The summed E-state index contributed by atoms with van der Waals surface area (Å²) in [6.45, 7) is -0.979. The van der Waals surface area contributed by atoms with Gasteiger partial charge in [0.15, 0.2) is 0 Å². The van der Waals surface area contributed by atoms with Gasteiger partial charge >= 0.3 is 6.18 Å². The van der Waals surface area contributed by atoms with E-state index in [-0.39, 0.29) is 23.9 Å². The molecule has 0 aromatic heterocycles. The molecule has 2 amide bonds. The smallest absolute Gasteiger partial charge is 0.352 e. The molecule has 4 aromatic carbocycles. The van der Waals surface area contributed by atoms with Crippen LogP contribution in [0.3, 0.4) is 0 Å². The van der Waals surface area contributed by atoms with Crippen LogP contribution in [0.15, 0.2) is 112 Å². The van der Waals surface area contributed by atoms with Crippen molar-refractivity contribution in [2.45, 2.75) is 68.2 Å². The Morgan fingerprint density at radius 1 is 0.860 bits per heavy atom. The Morgan fingerprint density at radius 2 is 1.50 bits per heavy atom. The van der Waals surface area contributed by atoms with Crippen LogP contribution in [0.25, 0.3) is 0 Å². The Bertz CT molecular complexity index is 1890. The van der Waals surface area contributed by atoms with Crippen LogP contribution in [0.5, 0.6) is 0 Å². The van der Waals surface area contributed by atoms with Crippen molar-refractivity contribution >= 4 is 55.1 Å². The number of nitrogens with zero attached hydrogens (tertiary/aromatic N) is 2. The molecule has 264 valence electrons. The molecule has 1 aliphatic carbocycles. The maximum atomic E-state index is 14.7. The molecule has 1 fully saturated rings. The number of carbonyl (C=O) groups excluding carboxylic acids is 2. The molecule has 13 heteroatoms. The number of nitrogens with one attached hydrogen (secondary N) is 1. The molecule has 1 saturated carbocycles. The van der Waals surface area contributed by atoms with Gasteiger partial charge in [-0.05, 0) is 66.4 Å². The second kappa shape index (κ2) is 16.4. The quantitative estimate of drug-likeness (QED) is 0.156. The van der Waals surface area contributed by atoms with E-state index in [0.717, 1.165) is 54.3 Å². The second-order valence-corrected chi connectivity index (χ2v) is 15.4. The number of sulfonamides is 1. The largest absolute Gasteiger partial charge is 0.417 e. The predicted molar refractivity (Wildman–Crippen MR) is 191 cm³/mol. The first-order valence-electron chi connectivity index (χ1n) is 16.2. The first kappa shape index (κ1) is 37.4. The van der Waals surface area contributed by atoms with Crippen LogP contribution < -0.4 is 9.62 Å². The van der Waals surface area contributed by atoms with Gasteiger partial charge in [0.25, 0.3) is 10.0 Å². The molecule has 0 saturated heterocycles. The standard InChI is InChI=1S/C37H36BrClF3N3O4S/c38-28-14-10-13-27(21-28)24-44(34(22-26-11-4-1-5-12-26)36(47)43-29-15-6-2-7-16-29)35(46)25-45(50(48,49)31-17-8-3-9-18-31)30-19-20-33(39)32(23-30)37(40,41)42/h1,3-5,8-14,17-21,23,29,34H,2,6-7,15-16,22,24-25H2,(H,43,47). The van der Waals surface area contributed by atoms with Crippen LogP contribution in [0, 0.1) is 0 Å². The number of rotatable bonds is 12. The number of hydrogen-bond acceptors (Lipinski definition) is 4. The van der Waals surface area contributed by atoms with Crippen molar-refractivity contribution in [3.8, 4) is 0 Å².